The fourth-order valence-corrected chi connectivity index (χ4v) is 1.55. The Kier molecular flexibility index (Phi) is 6.22. The molecule has 1 unspecified atom stereocenters. The van der Waals surface area contributed by atoms with Crippen molar-refractivity contribution in [3.05, 3.63) is 0 Å². The molecule has 0 aromatic rings. The summed E-state index contributed by atoms with van der Waals surface area (Å²) >= 11 is 5.79. The Balaban J connectivity index is 4.60. The average molecular weight is 236 g/mol. The van der Waals surface area contributed by atoms with Crippen molar-refractivity contribution in [2.75, 3.05) is 26.1 Å². The van der Waals surface area contributed by atoms with E-state index in [2.05, 4.69) is 0 Å². The summed E-state index contributed by atoms with van der Waals surface area (Å²) in [6.45, 7) is 8.92. The van der Waals surface area contributed by atoms with Crippen LogP contribution in [0.5, 0.6) is 0 Å². The molecule has 1 amide bonds. The summed E-state index contributed by atoms with van der Waals surface area (Å²) in [6.07, 6.45) is 0. The standard InChI is InChI=1S/C11H22ClNO2/c1-6-13(9(2)7-15-5)10(14)11(3,4)8-12/h9H,6-8H2,1-5H3. The molecule has 0 fully saturated rings. The summed E-state index contributed by atoms with van der Waals surface area (Å²) in [5, 5.41) is 0. The van der Waals surface area contributed by atoms with E-state index in [9.17, 15) is 4.79 Å². The van der Waals surface area contributed by atoms with E-state index in [4.69, 9.17) is 16.3 Å². The molecule has 1 atom stereocenters. The van der Waals surface area contributed by atoms with E-state index in [1.54, 1.807) is 7.11 Å². The van der Waals surface area contributed by atoms with Gasteiger partial charge in [0.1, 0.15) is 0 Å². The molecule has 0 radical (unpaired) electrons. The number of rotatable bonds is 6. The fraction of sp³-hybridized carbons (Fsp3) is 0.909. The second-order valence-corrected chi connectivity index (χ2v) is 4.68. The molecule has 0 rings (SSSR count). The van der Waals surface area contributed by atoms with Gasteiger partial charge in [-0.15, -0.1) is 11.6 Å². The Hall–Kier alpha value is -0.280. The van der Waals surface area contributed by atoms with E-state index in [0.717, 1.165) is 0 Å². The van der Waals surface area contributed by atoms with Gasteiger partial charge in [0.25, 0.3) is 0 Å². The molecule has 0 N–H and O–H groups in total. The summed E-state index contributed by atoms with van der Waals surface area (Å²) in [7, 11) is 1.64. The summed E-state index contributed by atoms with van der Waals surface area (Å²) < 4.78 is 5.06. The number of nitrogens with zero attached hydrogens (tertiary/aromatic N) is 1. The fourth-order valence-electron chi connectivity index (χ4n) is 1.43. The second kappa shape index (κ2) is 6.33. The first-order valence-corrected chi connectivity index (χ1v) is 5.80. The van der Waals surface area contributed by atoms with E-state index in [-0.39, 0.29) is 11.9 Å². The topological polar surface area (TPSA) is 29.5 Å². The number of ether oxygens (including phenoxy) is 1. The molecule has 3 nitrogen and oxygen atoms in total. The summed E-state index contributed by atoms with van der Waals surface area (Å²) in [5.74, 6) is 0.423. The minimum Gasteiger partial charge on any atom is -0.383 e. The van der Waals surface area contributed by atoms with Gasteiger partial charge in [-0.1, -0.05) is 0 Å². The Morgan fingerprint density at radius 2 is 2.07 bits per heavy atom. The third kappa shape index (κ3) is 3.99. The molecular formula is C11H22ClNO2. The molecule has 4 heteroatoms. The van der Waals surface area contributed by atoms with Gasteiger partial charge in [-0.25, -0.2) is 0 Å². The highest BCUT2D eigenvalue weighted by atomic mass is 35.5. The molecule has 0 aliphatic carbocycles. The van der Waals surface area contributed by atoms with E-state index >= 15 is 0 Å². The lowest BCUT2D eigenvalue weighted by Crippen LogP contribution is -2.47. The van der Waals surface area contributed by atoms with Crippen molar-refractivity contribution in [3.63, 3.8) is 0 Å². The van der Waals surface area contributed by atoms with Crippen LogP contribution in [0.2, 0.25) is 0 Å². The monoisotopic (exact) mass is 235 g/mol. The molecule has 0 saturated heterocycles. The van der Waals surface area contributed by atoms with Crippen LogP contribution in [0, 0.1) is 5.41 Å². The smallest absolute Gasteiger partial charge is 0.229 e. The number of alkyl halides is 1. The first kappa shape index (κ1) is 14.7. The average Bonchev–Trinajstić information content (AvgIpc) is 2.19. The van der Waals surface area contributed by atoms with Crippen LogP contribution in [0.15, 0.2) is 0 Å². The molecule has 0 bridgehead atoms. The Labute approximate surface area is 97.7 Å². The minimum atomic E-state index is -0.500. The zero-order chi connectivity index (χ0) is 12.1. The van der Waals surface area contributed by atoms with Crippen molar-refractivity contribution in [3.8, 4) is 0 Å². The number of likely N-dealkylation sites (N-methyl/N-ethyl adjacent to an activating group) is 1. The molecule has 0 aliphatic heterocycles. The van der Waals surface area contributed by atoms with E-state index < -0.39 is 5.41 Å². The quantitative estimate of drug-likeness (QED) is 0.661. The van der Waals surface area contributed by atoms with Gasteiger partial charge in [0.15, 0.2) is 0 Å². The summed E-state index contributed by atoms with van der Waals surface area (Å²) in [5.41, 5.74) is -0.500. The predicted octanol–water partition coefficient (Wildman–Crippen LogP) is 2.13. The lowest BCUT2D eigenvalue weighted by Gasteiger charge is -2.34. The predicted molar refractivity (Wildman–Crippen MR) is 63.2 cm³/mol. The third-order valence-corrected chi connectivity index (χ3v) is 3.12. The molecular weight excluding hydrogens is 214 g/mol. The first-order chi connectivity index (χ1) is 6.90. The summed E-state index contributed by atoms with van der Waals surface area (Å²) in [4.78, 5) is 13.9. The van der Waals surface area contributed by atoms with E-state index in [1.165, 1.54) is 0 Å². The van der Waals surface area contributed by atoms with Crippen molar-refractivity contribution in [2.24, 2.45) is 5.41 Å². The number of amides is 1. The zero-order valence-electron chi connectivity index (χ0n) is 10.3. The van der Waals surface area contributed by atoms with Crippen molar-refractivity contribution in [2.45, 2.75) is 33.7 Å². The molecule has 0 aromatic heterocycles. The van der Waals surface area contributed by atoms with Crippen molar-refractivity contribution in [1.29, 1.82) is 0 Å². The lowest BCUT2D eigenvalue weighted by atomic mass is 9.93. The second-order valence-electron chi connectivity index (χ2n) is 4.41. The number of methoxy groups -OCH3 is 1. The Morgan fingerprint density at radius 1 is 1.53 bits per heavy atom. The highest BCUT2D eigenvalue weighted by Gasteiger charge is 2.32. The highest BCUT2D eigenvalue weighted by Crippen LogP contribution is 2.21. The van der Waals surface area contributed by atoms with Crippen molar-refractivity contribution in [1.82, 2.24) is 4.90 Å². The molecule has 0 heterocycles. The number of carbonyl (C=O) groups is 1. The SMILES string of the molecule is CCN(C(=O)C(C)(C)CCl)C(C)COC. The van der Waals surface area contributed by atoms with Gasteiger partial charge in [0.2, 0.25) is 5.91 Å². The van der Waals surface area contributed by atoms with Crippen LogP contribution in [-0.2, 0) is 9.53 Å². The Bertz CT molecular complexity index is 207. The number of hydrogen-bond donors (Lipinski definition) is 0. The van der Waals surface area contributed by atoms with Gasteiger partial charge < -0.3 is 9.64 Å². The maximum Gasteiger partial charge on any atom is 0.229 e. The number of halogens is 1. The van der Waals surface area contributed by atoms with Gasteiger partial charge in [0.05, 0.1) is 18.1 Å². The van der Waals surface area contributed by atoms with Crippen LogP contribution >= 0.6 is 11.6 Å². The molecule has 90 valence electrons. The van der Waals surface area contributed by atoms with Gasteiger partial charge in [-0.05, 0) is 27.7 Å². The lowest BCUT2D eigenvalue weighted by molar-refractivity contribution is -0.142. The molecule has 0 aliphatic rings. The summed E-state index contributed by atoms with van der Waals surface area (Å²) in [6, 6.07) is 0.0926. The normalized spacial score (nSPS) is 13.7. The van der Waals surface area contributed by atoms with Gasteiger partial charge in [-0.2, -0.15) is 0 Å². The van der Waals surface area contributed by atoms with Gasteiger partial charge >= 0.3 is 0 Å². The van der Waals surface area contributed by atoms with E-state index in [1.807, 2.05) is 32.6 Å². The van der Waals surface area contributed by atoms with Gasteiger partial charge in [0, 0.05) is 19.5 Å². The van der Waals surface area contributed by atoms with Crippen molar-refractivity contribution < 1.29 is 9.53 Å². The highest BCUT2D eigenvalue weighted by molar-refractivity contribution is 6.19. The largest absolute Gasteiger partial charge is 0.383 e. The van der Waals surface area contributed by atoms with Crippen LogP contribution in [0.1, 0.15) is 27.7 Å². The Morgan fingerprint density at radius 3 is 2.40 bits per heavy atom. The molecule has 0 saturated carbocycles. The minimum absolute atomic E-state index is 0.0875. The van der Waals surface area contributed by atoms with Crippen LogP contribution in [0.4, 0.5) is 0 Å². The van der Waals surface area contributed by atoms with Crippen molar-refractivity contribution >= 4 is 17.5 Å². The van der Waals surface area contributed by atoms with Crippen LogP contribution < -0.4 is 0 Å². The van der Waals surface area contributed by atoms with E-state index in [0.29, 0.717) is 19.0 Å². The van der Waals surface area contributed by atoms with Gasteiger partial charge in [-0.3, -0.25) is 4.79 Å². The number of hydrogen-bond acceptors (Lipinski definition) is 2. The van der Waals surface area contributed by atoms with Crippen LogP contribution in [0.25, 0.3) is 0 Å². The molecule has 15 heavy (non-hydrogen) atoms. The maximum absolute atomic E-state index is 12.1. The zero-order valence-corrected chi connectivity index (χ0v) is 11.1. The number of carbonyl (C=O) groups excluding carboxylic acids is 1. The maximum atomic E-state index is 12.1. The molecule has 0 aromatic carbocycles. The molecule has 0 spiro atoms. The van der Waals surface area contributed by atoms with Crippen LogP contribution in [0.3, 0.4) is 0 Å². The first-order valence-electron chi connectivity index (χ1n) is 5.26. The third-order valence-electron chi connectivity index (χ3n) is 2.45. The van der Waals surface area contributed by atoms with Crippen LogP contribution in [-0.4, -0.2) is 43.0 Å².